The van der Waals surface area contributed by atoms with E-state index in [1.165, 1.54) is 23.7 Å². The molecule has 0 aliphatic rings. The van der Waals surface area contributed by atoms with Gasteiger partial charge in [0.2, 0.25) is 10.0 Å². The summed E-state index contributed by atoms with van der Waals surface area (Å²) < 4.78 is 23.1. The largest absolute Gasteiger partial charge is 0.265 e. The van der Waals surface area contributed by atoms with Gasteiger partial charge in [-0.1, -0.05) is 0 Å². The summed E-state index contributed by atoms with van der Waals surface area (Å²) in [7, 11) is -3.72. The normalized spacial score (nSPS) is 13.6. The first-order chi connectivity index (χ1) is 7.59. The van der Waals surface area contributed by atoms with E-state index >= 15 is 0 Å². The summed E-state index contributed by atoms with van der Waals surface area (Å²) in [6.07, 6.45) is 4.61. The minimum absolute atomic E-state index is 0.466. The van der Waals surface area contributed by atoms with Crippen LogP contribution >= 0.6 is 11.3 Å². The van der Waals surface area contributed by atoms with Gasteiger partial charge in [0.25, 0.3) is 0 Å². The Morgan fingerprint density at radius 3 is 2.44 bits per heavy atom. The van der Waals surface area contributed by atoms with E-state index in [0.717, 1.165) is 0 Å². The molecule has 1 atom stereocenters. The molecule has 84 valence electrons. The van der Waals surface area contributed by atoms with Crippen LogP contribution in [0.3, 0.4) is 0 Å². The Hall–Kier alpha value is -1.31. The topological polar surface area (TPSA) is 85.9 Å². The fourth-order valence-corrected chi connectivity index (χ4v) is 3.46. The molecule has 7 heteroatoms. The standard InChI is InChI=1S/C9H9N3O2S2/c10-16(13,14)8(9-12-5-6-15-9)7-1-3-11-4-2-7/h1-6,8H,(H2,10,13,14). The van der Waals surface area contributed by atoms with Gasteiger partial charge < -0.3 is 0 Å². The van der Waals surface area contributed by atoms with E-state index in [0.29, 0.717) is 10.6 Å². The lowest BCUT2D eigenvalue weighted by molar-refractivity contribution is 0.590. The Morgan fingerprint density at radius 1 is 1.25 bits per heavy atom. The summed E-state index contributed by atoms with van der Waals surface area (Å²) in [6.45, 7) is 0. The van der Waals surface area contributed by atoms with Crippen LogP contribution in [0.15, 0.2) is 36.1 Å². The summed E-state index contributed by atoms with van der Waals surface area (Å²) in [5.74, 6) is 0. The molecule has 0 saturated heterocycles. The average molecular weight is 255 g/mol. The molecule has 0 aliphatic heterocycles. The molecular weight excluding hydrogens is 246 g/mol. The highest BCUT2D eigenvalue weighted by atomic mass is 32.2. The van der Waals surface area contributed by atoms with E-state index in [4.69, 9.17) is 5.14 Å². The van der Waals surface area contributed by atoms with Crippen molar-refractivity contribution < 1.29 is 8.42 Å². The Balaban J connectivity index is 2.54. The van der Waals surface area contributed by atoms with Crippen molar-refractivity contribution in [3.05, 3.63) is 46.7 Å². The number of hydrogen-bond donors (Lipinski definition) is 1. The first-order valence-electron chi connectivity index (χ1n) is 4.40. The molecule has 0 spiro atoms. The number of rotatable bonds is 3. The van der Waals surface area contributed by atoms with Crippen molar-refractivity contribution in [3.8, 4) is 0 Å². The zero-order chi connectivity index (χ0) is 11.6. The summed E-state index contributed by atoms with van der Waals surface area (Å²) in [4.78, 5) is 7.84. The highest BCUT2D eigenvalue weighted by Gasteiger charge is 2.27. The van der Waals surface area contributed by atoms with E-state index in [2.05, 4.69) is 9.97 Å². The smallest absolute Gasteiger partial charge is 0.222 e. The number of thiazole rings is 1. The zero-order valence-electron chi connectivity index (χ0n) is 8.15. The minimum Gasteiger partial charge on any atom is -0.265 e. The van der Waals surface area contributed by atoms with E-state index in [1.807, 2.05) is 0 Å². The van der Waals surface area contributed by atoms with Gasteiger partial charge in [-0.3, -0.25) is 4.98 Å². The second kappa shape index (κ2) is 4.28. The van der Waals surface area contributed by atoms with Gasteiger partial charge in [-0.25, -0.2) is 18.5 Å². The molecule has 0 saturated carbocycles. The van der Waals surface area contributed by atoms with E-state index in [9.17, 15) is 8.42 Å². The number of nitrogens with two attached hydrogens (primary N) is 1. The van der Waals surface area contributed by atoms with Crippen molar-refractivity contribution >= 4 is 21.4 Å². The maximum Gasteiger partial charge on any atom is 0.222 e. The predicted molar refractivity (Wildman–Crippen MR) is 61.3 cm³/mol. The maximum atomic E-state index is 11.6. The number of hydrogen-bond acceptors (Lipinski definition) is 5. The van der Waals surface area contributed by atoms with Crippen LogP contribution in [0, 0.1) is 0 Å². The Kier molecular flexibility index (Phi) is 2.99. The monoisotopic (exact) mass is 255 g/mol. The first-order valence-corrected chi connectivity index (χ1v) is 6.89. The van der Waals surface area contributed by atoms with Crippen molar-refractivity contribution in [2.45, 2.75) is 5.25 Å². The van der Waals surface area contributed by atoms with Crippen LogP contribution in [0.4, 0.5) is 0 Å². The highest BCUT2D eigenvalue weighted by Crippen LogP contribution is 2.29. The molecular formula is C9H9N3O2S2. The Labute approximate surface area is 97.0 Å². The van der Waals surface area contributed by atoms with Gasteiger partial charge in [0.05, 0.1) is 0 Å². The highest BCUT2D eigenvalue weighted by molar-refractivity contribution is 7.89. The van der Waals surface area contributed by atoms with Gasteiger partial charge in [0.15, 0.2) is 5.25 Å². The molecule has 2 N–H and O–H groups in total. The molecule has 16 heavy (non-hydrogen) atoms. The van der Waals surface area contributed by atoms with Gasteiger partial charge in [-0.15, -0.1) is 11.3 Å². The third-order valence-electron chi connectivity index (χ3n) is 2.01. The molecule has 0 aromatic carbocycles. The summed E-state index contributed by atoms with van der Waals surface area (Å²) in [5, 5.41) is 6.50. The van der Waals surface area contributed by atoms with Crippen LogP contribution in [0.1, 0.15) is 15.8 Å². The van der Waals surface area contributed by atoms with E-state index in [-0.39, 0.29) is 0 Å². The number of pyridine rings is 1. The summed E-state index contributed by atoms with van der Waals surface area (Å²) >= 11 is 1.26. The van der Waals surface area contributed by atoms with Crippen LogP contribution in [0.25, 0.3) is 0 Å². The lowest BCUT2D eigenvalue weighted by atomic mass is 10.2. The fourth-order valence-electron chi connectivity index (χ4n) is 1.37. The van der Waals surface area contributed by atoms with Gasteiger partial charge in [-0.05, 0) is 17.7 Å². The Bertz CT molecular complexity index is 552. The lowest BCUT2D eigenvalue weighted by Gasteiger charge is -2.11. The number of primary sulfonamides is 1. The number of aromatic nitrogens is 2. The lowest BCUT2D eigenvalue weighted by Crippen LogP contribution is -2.22. The van der Waals surface area contributed by atoms with Crippen molar-refractivity contribution in [2.24, 2.45) is 5.14 Å². The molecule has 0 bridgehead atoms. The van der Waals surface area contributed by atoms with Crippen LogP contribution in [0.5, 0.6) is 0 Å². The zero-order valence-corrected chi connectivity index (χ0v) is 9.78. The molecule has 2 heterocycles. The van der Waals surface area contributed by atoms with Crippen LogP contribution < -0.4 is 5.14 Å². The van der Waals surface area contributed by atoms with Crippen molar-refractivity contribution in [1.82, 2.24) is 9.97 Å². The predicted octanol–water partition coefficient (Wildman–Crippen LogP) is 0.916. The molecule has 0 fully saturated rings. The van der Waals surface area contributed by atoms with Gasteiger partial charge >= 0.3 is 0 Å². The molecule has 2 rings (SSSR count). The van der Waals surface area contributed by atoms with Crippen LogP contribution in [0.2, 0.25) is 0 Å². The van der Waals surface area contributed by atoms with E-state index < -0.39 is 15.3 Å². The number of sulfonamides is 1. The summed E-state index contributed by atoms with van der Waals surface area (Å²) in [6, 6.07) is 3.24. The molecule has 0 aliphatic carbocycles. The molecule has 0 radical (unpaired) electrons. The average Bonchev–Trinajstić information content (AvgIpc) is 2.71. The molecule has 2 aromatic rings. The van der Waals surface area contributed by atoms with Crippen molar-refractivity contribution in [2.75, 3.05) is 0 Å². The van der Waals surface area contributed by atoms with Gasteiger partial charge in [0, 0.05) is 24.0 Å². The van der Waals surface area contributed by atoms with Gasteiger partial charge in [0.1, 0.15) is 5.01 Å². The minimum atomic E-state index is -3.72. The fraction of sp³-hybridized carbons (Fsp3) is 0.111. The third kappa shape index (κ3) is 2.26. The van der Waals surface area contributed by atoms with Crippen LogP contribution in [-0.4, -0.2) is 18.4 Å². The second-order valence-electron chi connectivity index (χ2n) is 3.12. The molecule has 0 amide bonds. The van der Waals surface area contributed by atoms with Crippen molar-refractivity contribution in [1.29, 1.82) is 0 Å². The van der Waals surface area contributed by atoms with Gasteiger partial charge in [-0.2, -0.15) is 0 Å². The van der Waals surface area contributed by atoms with E-state index in [1.54, 1.807) is 23.7 Å². The molecule has 5 nitrogen and oxygen atoms in total. The summed E-state index contributed by atoms with van der Waals surface area (Å²) in [5.41, 5.74) is 0.576. The molecule has 1 unspecified atom stereocenters. The Morgan fingerprint density at radius 2 is 1.94 bits per heavy atom. The quantitative estimate of drug-likeness (QED) is 0.883. The number of nitrogens with zero attached hydrogens (tertiary/aromatic N) is 2. The van der Waals surface area contributed by atoms with Crippen LogP contribution in [-0.2, 0) is 10.0 Å². The molecule has 2 aromatic heterocycles. The second-order valence-corrected chi connectivity index (χ2v) is 5.70. The SMILES string of the molecule is NS(=O)(=O)C(c1ccncc1)c1nccs1. The first kappa shape index (κ1) is 11.2. The third-order valence-corrected chi connectivity index (χ3v) is 4.16. The maximum absolute atomic E-state index is 11.6. The van der Waals surface area contributed by atoms with Crippen molar-refractivity contribution in [3.63, 3.8) is 0 Å².